The van der Waals surface area contributed by atoms with Gasteiger partial charge in [0.1, 0.15) is 18.2 Å². The van der Waals surface area contributed by atoms with Crippen molar-refractivity contribution in [2.75, 3.05) is 33.3 Å². The molecule has 25 heavy (non-hydrogen) atoms. The molecule has 0 radical (unpaired) electrons. The second-order valence-corrected chi connectivity index (χ2v) is 6.20. The van der Waals surface area contributed by atoms with Crippen molar-refractivity contribution < 1.29 is 23.5 Å². The minimum absolute atomic E-state index is 0.0699. The van der Waals surface area contributed by atoms with Gasteiger partial charge in [-0.1, -0.05) is 6.07 Å². The fraction of sp³-hybridized carbons (Fsp3) is 0.471. The van der Waals surface area contributed by atoms with Crippen molar-refractivity contribution in [2.45, 2.75) is 18.9 Å². The zero-order valence-corrected chi connectivity index (χ0v) is 14.0. The standard InChI is InChI=1S/C17H20FN3O4/c1-20(8-9-21-7-3-6-14(21)22)17(24)16(23)19-12-10-25-13-5-2-4-11(18)15(12)13/h2,4-5,12H,3,6-10H2,1H3,(H,19,23). The Morgan fingerprint density at radius 2 is 2.24 bits per heavy atom. The van der Waals surface area contributed by atoms with Crippen LogP contribution in [0.15, 0.2) is 18.2 Å². The van der Waals surface area contributed by atoms with Crippen LogP contribution in [0.5, 0.6) is 5.75 Å². The van der Waals surface area contributed by atoms with Crippen molar-refractivity contribution in [3.05, 3.63) is 29.6 Å². The number of rotatable bonds is 4. The first kappa shape index (κ1) is 17.2. The zero-order chi connectivity index (χ0) is 18.0. The number of carbonyl (C=O) groups is 3. The van der Waals surface area contributed by atoms with E-state index in [0.29, 0.717) is 25.3 Å². The van der Waals surface area contributed by atoms with Gasteiger partial charge in [-0.25, -0.2) is 4.39 Å². The average molecular weight is 349 g/mol. The fourth-order valence-corrected chi connectivity index (χ4v) is 3.06. The molecule has 1 atom stereocenters. The number of likely N-dealkylation sites (N-methyl/N-ethyl adjacent to an activating group) is 1. The molecule has 1 saturated heterocycles. The van der Waals surface area contributed by atoms with E-state index in [2.05, 4.69) is 5.32 Å². The van der Waals surface area contributed by atoms with Crippen LogP contribution in [0, 0.1) is 5.82 Å². The van der Waals surface area contributed by atoms with Crippen molar-refractivity contribution in [2.24, 2.45) is 0 Å². The molecule has 1 aromatic rings. The summed E-state index contributed by atoms with van der Waals surface area (Å²) in [6.07, 6.45) is 1.36. The molecule has 1 N–H and O–H groups in total. The quantitative estimate of drug-likeness (QED) is 0.801. The van der Waals surface area contributed by atoms with Gasteiger partial charge in [0.15, 0.2) is 0 Å². The van der Waals surface area contributed by atoms with E-state index in [1.165, 1.54) is 24.1 Å². The Kier molecular flexibility index (Phi) is 4.87. The monoisotopic (exact) mass is 349 g/mol. The number of nitrogens with one attached hydrogen (secondary N) is 1. The first-order valence-corrected chi connectivity index (χ1v) is 8.22. The van der Waals surface area contributed by atoms with Crippen molar-refractivity contribution >= 4 is 17.7 Å². The lowest BCUT2D eigenvalue weighted by Crippen LogP contribution is -2.45. The Bertz CT molecular complexity index is 709. The van der Waals surface area contributed by atoms with Crippen LogP contribution in [-0.4, -0.2) is 60.8 Å². The van der Waals surface area contributed by atoms with E-state index in [1.54, 1.807) is 11.0 Å². The van der Waals surface area contributed by atoms with Crippen LogP contribution < -0.4 is 10.1 Å². The molecule has 1 aromatic carbocycles. The van der Waals surface area contributed by atoms with E-state index in [0.717, 1.165) is 6.42 Å². The van der Waals surface area contributed by atoms with Gasteiger partial charge in [-0.2, -0.15) is 0 Å². The molecular formula is C17H20FN3O4. The molecule has 2 aliphatic heterocycles. The summed E-state index contributed by atoms with van der Waals surface area (Å²) < 4.78 is 19.3. The molecule has 7 nitrogen and oxygen atoms in total. The highest BCUT2D eigenvalue weighted by atomic mass is 19.1. The van der Waals surface area contributed by atoms with Gasteiger partial charge >= 0.3 is 11.8 Å². The maximum Gasteiger partial charge on any atom is 0.311 e. The number of halogens is 1. The zero-order valence-electron chi connectivity index (χ0n) is 14.0. The number of amides is 3. The van der Waals surface area contributed by atoms with Crippen molar-refractivity contribution in [3.63, 3.8) is 0 Å². The largest absolute Gasteiger partial charge is 0.491 e. The normalized spacial score (nSPS) is 18.7. The van der Waals surface area contributed by atoms with E-state index in [9.17, 15) is 18.8 Å². The molecule has 2 heterocycles. The van der Waals surface area contributed by atoms with Crippen LogP contribution in [-0.2, 0) is 14.4 Å². The van der Waals surface area contributed by atoms with Gasteiger partial charge < -0.3 is 19.9 Å². The maximum absolute atomic E-state index is 13.9. The molecule has 0 aliphatic carbocycles. The molecule has 1 fully saturated rings. The van der Waals surface area contributed by atoms with E-state index < -0.39 is 23.7 Å². The lowest BCUT2D eigenvalue weighted by Gasteiger charge is -2.22. The van der Waals surface area contributed by atoms with Gasteiger partial charge in [-0.05, 0) is 18.6 Å². The number of likely N-dealkylation sites (tertiary alicyclic amines) is 1. The highest BCUT2D eigenvalue weighted by Crippen LogP contribution is 2.34. The number of fused-ring (bicyclic) bond motifs is 1. The molecule has 0 bridgehead atoms. The number of benzene rings is 1. The van der Waals surface area contributed by atoms with E-state index in [1.807, 2.05) is 0 Å². The molecule has 3 rings (SSSR count). The Labute approximate surface area is 144 Å². The molecule has 0 aromatic heterocycles. The van der Waals surface area contributed by atoms with Crippen LogP contribution in [0.3, 0.4) is 0 Å². The molecule has 0 saturated carbocycles. The van der Waals surface area contributed by atoms with E-state index in [-0.39, 0.29) is 24.6 Å². The number of ether oxygens (including phenoxy) is 1. The lowest BCUT2D eigenvalue weighted by molar-refractivity contribution is -0.145. The molecule has 3 amide bonds. The molecule has 134 valence electrons. The van der Waals surface area contributed by atoms with Crippen LogP contribution in [0.4, 0.5) is 4.39 Å². The summed E-state index contributed by atoms with van der Waals surface area (Å²) in [5.41, 5.74) is 0.258. The molecular weight excluding hydrogens is 329 g/mol. The third kappa shape index (κ3) is 3.57. The van der Waals surface area contributed by atoms with Crippen molar-refractivity contribution in [1.82, 2.24) is 15.1 Å². The first-order valence-electron chi connectivity index (χ1n) is 8.22. The fourth-order valence-electron chi connectivity index (χ4n) is 3.06. The van der Waals surface area contributed by atoms with Crippen LogP contribution >= 0.6 is 0 Å². The van der Waals surface area contributed by atoms with Gasteiger partial charge in [0, 0.05) is 33.1 Å². The van der Waals surface area contributed by atoms with Crippen LogP contribution in [0.1, 0.15) is 24.4 Å². The summed E-state index contributed by atoms with van der Waals surface area (Å²) >= 11 is 0. The summed E-state index contributed by atoms with van der Waals surface area (Å²) in [6, 6.07) is 3.73. The highest BCUT2D eigenvalue weighted by Gasteiger charge is 2.31. The number of nitrogens with zero attached hydrogens (tertiary/aromatic N) is 2. The average Bonchev–Trinajstić information content (AvgIpc) is 3.19. The predicted octanol–water partition coefficient (Wildman–Crippen LogP) is 0.456. The predicted molar refractivity (Wildman–Crippen MR) is 86.2 cm³/mol. The number of carbonyl (C=O) groups excluding carboxylic acids is 3. The summed E-state index contributed by atoms with van der Waals surface area (Å²) in [4.78, 5) is 38.9. The number of hydrogen-bond acceptors (Lipinski definition) is 4. The Balaban J connectivity index is 1.55. The second-order valence-electron chi connectivity index (χ2n) is 6.20. The highest BCUT2D eigenvalue weighted by molar-refractivity contribution is 6.35. The summed E-state index contributed by atoms with van der Waals surface area (Å²) in [5.74, 6) is -1.58. The van der Waals surface area contributed by atoms with Crippen LogP contribution in [0.2, 0.25) is 0 Å². The van der Waals surface area contributed by atoms with E-state index in [4.69, 9.17) is 4.74 Å². The topological polar surface area (TPSA) is 79.0 Å². The summed E-state index contributed by atoms with van der Waals surface area (Å²) in [5, 5.41) is 2.52. The van der Waals surface area contributed by atoms with E-state index >= 15 is 0 Å². The Morgan fingerprint density at radius 1 is 1.44 bits per heavy atom. The number of hydrogen-bond donors (Lipinski definition) is 1. The van der Waals surface area contributed by atoms with Gasteiger partial charge in [0.05, 0.1) is 11.6 Å². The molecule has 0 spiro atoms. The Morgan fingerprint density at radius 3 is 2.96 bits per heavy atom. The van der Waals surface area contributed by atoms with Gasteiger partial charge in [0.25, 0.3) is 0 Å². The SMILES string of the molecule is CN(CCN1CCCC1=O)C(=O)C(=O)NC1COc2cccc(F)c21. The lowest BCUT2D eigenvalue weighted by atomic mass is 10.1. The minimum Gasteiger partial charge on any atom is -0.491 e. The van der Waals surface area contributed by atoms with Crippen molar-refractivity contribution in [3.8, 4) is 5.75 Å². The van der Waals surface area contributed by atoms with Crippen LogP contribution in [0.25, 0.3) is 0 Å². The third-order valence-electron chi connectivity index (χ3n) is 4.49. The molecule has 1 unspecified atom stereocenters. The smallest absolute Gasteiger partial charge is 0.311 e. The van der Waals surface area contributed by atoms with Gasteiger partial charge in [-0.15, -0.1) is 0 Å². The summed E-state index contributed by atoms with van der Waals surface area (Å²) in [6.45, 7) is 1.44. The van der Waals surface area contributed by atoms with Crippen molar-refractivity contribution in [1.29, 1.82) is 0 Å². The van der Waals surface area contributed by atoms with Gasteiger partial charge in [-0.3, -0.25) is 14.4 Å². The first-order chi connectivity index (χ1) is 12.0. The maximum atomic E-state index is 13.9. The second kappa shape index (κ2) is 7.08. The molecule has 2 aliphatic rings. The van der Waals surface area contributed by atoms with Gasteiger partial charge in [0.2, 0.25) is 5.91 Å². The third-order valence-corrected chi connectivity index (χ3v) is 4.49. The Hall–Kier alpha value is -2.64. The summed E-state index contributed by atoms with van der Waals surface area (Å²) in [7, 11) is 1.50. The molecule has 8 heteroatoms. The minimum atomic E-state index is -0.819.